The molecule has 2 rings (SSSR count). The third-order valence-corrected chi connectivity index (χ3v) is 5.30. The van der Waals surface area contributed by atoms with Crippen LogP contribution in [0.5, 0.6) is 0 Å². The molecule has 1 aliphatic heterocycles. The summed E-state index contributed by atoms with van der Waals surface area (Å²) in [6.07, 6.45) is 1.14. The number of nitrogens with zero attached hydrogens (tertiary/aromatic N) is 2. The van der Waals surface area contributed by atoms with Crippen molar-refractivity contribution in [3.05, 3.63) is 35.4 Å². The normalized spacial score (nSPS) is 17.8. The first-order valence-electron chi connectivity index (χ1n) is 8.56. The van der Waals surface area contributed by atoms with Gasteiger partial charge < -0.3 is 9.64 Å². The fraction of sp³-hybridized carbons (Fsp3) is 0.556. The van der Waals surface area contributed by atoms with E-state index in [1.165, 1.54) is 0 Å². The molecule has 1 fully saturated rings. The lowest BCUT2D eigenvalue weighted by molar-refractivity contribution is 0.0229. The van der Waals surface area contributed by atoms with E-state index in [1.54, 1.807) is 49.9 Å². The van der Waals surface area contributed by atoms with Crippen LogP contribution in [0.2, 0.25) is 0 Å². The zero-order valence-electron chi connectivity index (χ0n) is 15.4. The molecule has 1 unspecified atom stereocenters. The molecule has 1 aromatic rings. The maximum Gasteiger partial charge on any atom is 0.410 e. The number of rotatable bonds is 5. The van der Waals surface area contributed by atoms with Gasteiger partial charge in [0.25, 0.3) is 0 Å². The second-order valence-corrected chi connectivity index (χ2v) is 9.19. The Morgan fingerprint density at radius 2 is 2.00 bits per heavy atom. The average molecular weight is 379 g/mol. The minimum Gasteiger partial charge on any atom is -0.444 e. The lowest BCUT2D eigenvalue weighted by Gasteiger charge is -2.28. The van der Waals surface area contributed by atoms with Crippen LogP contribution in [0.25, 0.3) is 0 Å². The number of sulfonamides is 1. The Hall–Kier alpha value is -2.11. The van der Waals surface area contributed by atoms with Crippen molar-refractivity contribution in [3.8, 4) is 6.07 Å². The van der Waals surface area contributed by atoms with Gasteiger partial charge in [-0.05, 0) is 51.3 Å². The van der Waals surface area contributed by atoms with Gasteiger partial charge in [-0.3, -0.25) is 0 Å². The molecule has 1 aliphatic rings. The van der Waals surface area contributed by atoms with E-state index < -0.39 is 21.7 Å². The molecule has 1 amide bonds. The molecule has 0 bridgehead atoms. The van der Waals surface area contributed by atoms with E-state index in [1.807, 2.05) is 6.07 Å². The number of carbonyl (C=O) groups excluding carboxylic acids is 1. The number of ether oxygens (including phenoxy) is 1. The Labute approximate surface area is 155 Å². The number of nitrogens with one attached hydrogen (secondary N) is 1. The van der Waals surface area contributed by atoms with E-state index >= 15 is 0 Å². The Kier molecular flexibility index (Phi) is 6.26. The summed E-state index contributed by atoms with van der Waals surface area (Å²) >= 11 is 0. The highest BCUT2D eigenvalue weighted by atomic mass is 32.2. The molecule has 0 saturated carbocycles. The zero-order chi connectivity index (χ0) is 19.4. The van der Waals surface area contributed by atoms with Gasteiger partial charge >= 0.3 is 6.09 Å². The van der Waals surface area contributed by atoms with Crippen LogP contribution in [-0.2, 0) is 20.5 Å². The maximum absolute atomic E-state index is 12.3. The van der Waals surface area contributed by atoms with Gasteiger partial charge in [-0.25, -0.2) is 17.9 Å². The Morgan fingerprint density at radius 3 is 2.58 bits per heavy atom. The molecule has 7 nitrogen and oxygen atoms in total. The van der Waals surface area contributed by atoms with Crippen LogP contribution in [0.1, 0.15) is 44.7 Å². The summed E-state index contributed by atoms with van der Waals surface area (Å²) in [5.41, 5.74) is 0.504. The average Bonchev–Trinajstić information content (AvgIpc) is 3.00. The SMILES string of the molecule is CC(C)(C)OC(=O)N1CCCC1CNS(=O)(=O)Cc1ccc(C#N)cc1. The van der Waals surface area contributed by atoms with Crippen molar-refractivity contribution in [2.45, 2.75) is 51.0 Å². The van der Waals surface area contributed by atoms with E-state index in [2.05, 4.69) is 4.72 Å². The summed E-state index contributed by atoms with van der Waals surface area (Å²) in [5.74, 6) is -0.169. The van der Waals surface area contributed by atoms with Crippen LogP contribution >= 0.6 is 0 Å². The quantitative estimate of drug-likeness (QED) is 0.847. The van der Waals surface area contributed by atoms with Crippen molar-refractivity contribution < 1.29 is 17.9 Å². The number of hydrogen-bond acceptors (Lipinski definition) is 5. The standard InChI is InChI=1S/C18H25N3O4S/c1-18(2,3)25-17(22)21-10-4-5-16(21)12-20-26(23,24)13-15-8-6-14(11-19)7-9-15/h6-9,16,20H,4-5,10,12-13H2,1-3H3. The lowest BCUT2D eigenvalue weighted by Crippen LogP contribution is -2.45. The molecule has 1 heterocycles. The molecular formula is C18H25N3O4S. The molecule has 0 radical (unpaired) electrons. The Bertz CT molecular complexity index is 776. The third-order valence-electron chi connectivity index (χ3n) is 3.98. The molecular weight excluding hydrogens is 354 g/mol. The van der Waals surface area contributed by atoms with Gasteiger partial charge in [0.2, 0.25) is 10.0 Å². The van der Waals surface area contributed by atoms with Gasteiger partial charge in [0.1, 0.15) is 5.60 Å². The van der Waals surface area contributed by atoms with Gasteiger partial charge in [0, 0.05) is 19.1 Å². The number of hydrogen-bond donors (Lipinski definition) is 1. The van der Waals surface area contributed by atoms with Gasteiger partial charge in [0.05, 0.1) is 17.4 Å². The van der Waals surface area contributed by atoms with Crippen LogP contribution in [0.15, 0.2) is 24.3 Å². The summed E-state index contributed by atoms with van der Waals surface area (Å²) in [7, 11) is -3.54. The topological polar surface area (TPSA) is 99.5 Å². The first kappa shape index (κ1) is 20.2. The summed E-state index contributed by atoms with van der Waals surface area (Å²) in [5, 5.41) is 8.78. The van der Waals surface area contributed by atoms with Crippen LogP contribution in [0, 0.1) is 11.3 Å². The molecule has 0 aliphatic carbocycles. The molecule has 8 heteroatoms. The van der Waals surface area contributed by atoms with Crippen LogP contribution in [0.4, 0.5) is 4.79 Å². The summed E-state index contributed by atoms with van der Waals surface area (Å²) in [6.45, 7) is 6.14. The highest BCUT2D eigenvalue weighted by Crippen LogP contribution is 2.20. The largest absolute Gasteiger partial charge is 0.444 e. The van der Waals surface area contributed by atoms with Crippen molar-refractivity contribution >= 4 is 16.1 Å². The van der Waals surface area contributed by atoms with Crippen LogP contribution in [0.3, 0.4) is 0 Å². The molecule has 1 atom stereocenters. The number of amides is 1. The maximum atomic E-state index is 12.3. The zero-order valence-corrected chi connectivity index (χ0v) is 16.2. The van der Waals surface area contributed by atoms with E-state index in [-0.39, 0.29) is 18.3 Å². The molecule has 1 N–H and O–H groups in total. The molecule has 1 aromatic carbocycles. The van der Waals surface area contributed by atoms with Gasteiger partial charge in [0.15, 0.2) is 0 Å². The first-order chi connectivity index (χ1) is 12.1. The smallest absolute Gasteiger partial charge is 0.410 e. The first-order valence-corrected chi connectivity index (χ1v) is 10.2. The minimum absolute atomic E-state index is 0.165. The van der Waals surface area contributed by atoms with E-state index in [4.69, 9.17) is 10.00 Å². The van der Waals surface area contributed by atoms with Crippen molar-refractivity contribution in [1.29, 1.82) is 5.26 Å². The van der Waals surface area contributed by atoms with Gasteiger partial charge in [-0.2, -0.15) is 5.26 Å². The molecule has 26 heavy (non-hydrogen) atoms. The van der Waals surface area contributed by atoms with Crippen molar-refractivity contribution in [1.82, 2.24) is 9.62 Å². The van der Waals surface area contributed by atoms with E-state index in [9.17, 15) is 13.2 Å². The highest BCUT2D eigenvalue weighted by Gasteiger charge is 2.32. The third kappa shape index (κ3) is 6.00. The van der Waals surface area contributed by atoms with Crippen molar-refractivity contribution in [2.24, 2.45) is 0 Å². The van der Waals surface area contributed by atoms with Crippen molar-refractivity contribution in [3.63, 3.8) is 0 Å². The van der Waals surface area contributed by atoms with Crippen LogP contribution < -0.4 is 4.72 Å². The minimum atomic E-state index is -3.54. The highest BCUT2D eigenvalue weighted by molar-refractivity contribution is 7.88. The summed E-state index contributed by atoms with van der Waals surface area (Å²) in [6, 6.07) is 8.22. The number of likely N-dealkylation sites (tertiary alicyclic amines) is 1. The second-order valence-electron chi connectivity index (χ2n) is 7.39. The fourth-order valence-electron chi connectivity index (χ4n) is 2.78. The molecule has 1 saturated heterocycles. The predicted molar refractivity (Wildman–Crippen MR) is 97.7 cm³/mol. The molecule has 142 valence electrons. The number of carbonyl (C=O) groups is 1. The monoisotopic (exact) mass is 379 g/mol. The Balaban J connectivity index is 1.93. The number of benzene rings is 1. The Morgan fingerprint density at radius 1 is 1.35 bits per heavy atom. The molecule has 0 aromatic heterocycles. The fourth-order valence-corrected chi connectivity index (χ4v) is 3.96. The second kappa shape index (κ2) is 8.06. The lowest BCUT2D eigenvalue weighted by atomic mass is 10.2. The van der Waals surface area contributed by atoms with Crippen LogP contribution in [-0.4, -0.2) is 44.1 Å². The number of nitriles is 1. The van der Waals surface area contributed by atoms with Gasteiger partial charge in [-0.15, -0.1) is 0 Å². The van der Waals surface area contributed by atoms with E-state index in [0.29, 0.717) is 17.7 Å². The summed E-state index contributed by atoms with van der Waals surface area (Å²) < 4.78 is 32.6. The summed E-state index contributed by atoms with van der Waals surface area (Å²) in [4.78, 5) is 13.8. The van der Waals surface area contributed by atoms with Crippen molar-refractivity contribution in [2.75, 3.05) is 13.1 Å². The van der Waals surface area contributed by atoms with Gasteiger partial charge in [-0.1, -0.05) is 12.1 Å². The molecule has 0 spiro atoms. The predicted octanol–water partition coefficient (Wildman–Crippen LogP) is 2.38. The van der Waals surface area contributed by atoms with E-state index in [0.717, 1.165) is 12.8 Å².